The fourth-order valence-electron chi connectivity index (χ4n) is 2.08. The molecule has 3 N–H and O–H groups in total. The van der Waals surface area contributed by atoms with E-state index in [2.05, 4.69) is 0 Å². The smallest absolute Gasteiger partial charge is 0.218 e. The van der Waals surface area contributed by atoms with Crippen molar-refractivity contribution in [2.45, 2.75) is 38.6 Å². The summed E-state index contributed by atoms with van der Waals surface area (Å²) in [5, 5.41) is 8.89. The van der Waals surface area contributed by atoms with Crippen LogP contribution in [0.15, 0.2) is 24.3 Å². The maximum atomic E-state index is 12.5. The van der Waals surface area contributed by atoms with Gasteiger partial charge in [-0.1, -0.05) is 24.3 Å². The standard InChI is InChI=1S/C14H24N2O3S/c1-12(2)16(7-4-8-17)20(18,19)11-14-6-3-5-13(9-14)10-15/h3,5-6,9,12,17H,4,7-8,10-11,15H2,1-2H3. The highest BCUT2D eigenvalue weighted by molar-refractivity contribution is 7.88. The van der Waals surface area contributed by atoms with Crippen molar-refractivity contribution in [3.63, 3.8) is 0 Å². The number of hydrogen-bond donors (Lipinski definition) is 2. The Morgan fingerprint density at radius 1 is 1.30 bits per heavy atom. The average molecular weight is 300 g/mol. The summed E-state index contributed by atoms with van der Waals surface area (Å²) in [5.41, 5.74) is 7.23. The van der Waals surface area contributed by atoms with Crippen LogP contribution in [0.3, 0.4) is 0 Å². The van der Waals surface area contributed by atoms with Crippen LogP contribution < -0.4 is 5.73 Å². The van der Waals surface area contributed by atoms with Crippen molar-refractivity contribution in [2.24, 2.45) is 5.73 Å². The summed E-state index contributed by atoms with van der Waals surface area (Å²) in [6, 6.07) is 7.19. The average Bonchev–Trinajstić information content (AvgIpc) is 2.38. The Bertz CT molecular complexity index is 515. The molecule has 0 atom stereocenters. The Morgan fingerprint density at radius 2 is 1.95 bits per heavy atom. The third-order valence-corrected chi connectivity index (χ3v) is 5.06. The highest BCUT2D eigenvalue weighted by atomic mass is 32.2. The lowest BCUT2D eigenvalue weighted by Gasteiger charge is -2.25. The third-order valence-electron chi connectivity index (χ3n) is 3.05. The number of nitrogens with two attached hydrogens (primary N) is 1. The summed E-state index contributed by atoms with van der Waals surface area (Å²) < 4.78 is 26.4. The molecular formula is C14H24N2O3S. The molecule has 0 bridgehead atoms. The molecule has 0 spiro atoms. The molecule has 20 heavy (non-hydrogen) atoms. The summed E-state index contributed by atoms with van der Waals surface area (Å²) in [6.45, 7) is 4.40. The second-order valence-corrected chi connectivity index (χ2v) is 6.98. The molecule has 114 valence electrons. The molecule has 0 aliphatic rings. The Kier molecular flexibility index (Phi) is 6.61. The van der Waals surface area contributed by atoms with Gasteiger partial charge >= 0.3 is 0 Å². The molecule has 0 amide bonds. The van der Waals surface area contributed by atoms with Gasteiger partial charge in [0, 0.05) is 25.7 Å². The van der Waals surface area contributed by atoms with Crippen LogP contribution >= 0.6 is 0 Å². The molecule has 0 aromatic heterocycles. The van der Waals surface area contributed by atoms with Crippen LogP contribution in [0.1, 0.15) is 31.4 Å². The van der Waals surface area contributed by atoms with Gasteiger partial charge in [-0.05, 0) is 31.4 Å². The van der Waals surface area contributed by atoms with Gasteiger partial charge in [0.15, 0.2) is 0 Å². The molecule has 1 aromatic rings. The molecule has 0 fully saturated rings. The molecule has 1 aromatic carbocycles. The third kappa shape index (κ3) is 4.86. The van der Waals surface area contributed by atoms with Gasteiger partial charge in [0.25, 0.3) is 0 Å². The second-order valence-electron chi connectivity index (χ2n) is 5.06. The summed E-state index contributed by atoms with van der Waals surface area (Å²) >= 11 is 0. The van der Waals surface area contributed by atoms with E-state index in [1.807, 2.05) is 32.0 Å². The zero-order valence-corrected chi connectivity index (χ0v) is 12.9. The van der Waals surface area contributed by atoms with E-state index in [1.54, 1.807) is 6.07 Å². The fraction of sp³-hybridized carbons (Fsp3) is 0.571. The zero-order chi connectivity index (χ0) is 15.2. The molecule has 0 unspecified atom stereocenters. The summed E-state index contributed by atoms with van der Waals surface area (Å²) in [4.78, 5) is 0. The highest BCUT2D eigenvalue weighted by Gasteiger charge is 2.24. The second kappa shape index (κ2) is 7.73. The number of rotatable bonds is 8. The lowest BCUT2D eigenvalue weighted by Crippen LogP contribution is -2.38. The predicted molar refractivity (Wildman–Crippen MR) is 80.5 cm³/mol. The molecule has 0 radical (unpaired) electrons. The first-order valence-corrected chi connectivity index (χ1v) is 8.40. The minimum absolute atomic E-state index is 0.0125. The first-order valence-electron chi connectivity index (χ1n) is 6.79. The molecule has 5 nitrogen and oxygen atoms in total. The van der Waals surface area contributed by atoms with Crippen molar-refractivity contribution in [1.29, 1.82) is 0 Å². The van der Waals surface area contributed by atoms with Gasteiger partial charge in [0.05, 0.1) is 5.75 Å². The van der Waals surface area contributed by atoms with Crippen LogP contribution in [0.4, 0.5) is 0 Å². The molecule has 0 aliphatic carbocycles. The largest absolute Gasteiger partial charge is 0.396 e. The van der Waals surface area contributed by atoms with Gasteiger partial charge < -0.3 is 10.8 Å². The lowest BCUT2D eigenvalue weighted by atomic mass is 10.1. The van der Waals surface area contributed by atoms with Crippen LogP contribution in [-0.4, -0.2) is 37.0 Å². The number of aliphatic hydroxyl groups excluding tert-OH is 1. The summed E-state index contributed by atoms with van der Waals surface area (Å²) in [7, 11) is -3.39. The fourth-order valence-corrected chi connectivity index (χ4v) is 3.90. The first kappa shape index (κ1) is 17.1. The first-order chi connectivity index (χ1) is 9.40. The predicted octanol–water partition coefficient (Wildman–Crippen LogP) is 1.07. The number of aliphatic hydroxyl groups is 1. The van der Waals surface area contributed by atoms with Crippen molar-refractivity contribution in [1.82, 2.24) is 4.31 Å². The van der Waals surface area contributed by atoms with E-state index >= 15 is 0 Å². The summed E-state index contributed by atoms with van der Waals surface area (Å²) in [6.07, 6.45) is 0.445. The van der Waals surface area contributed by atoms with Crippen molar-refractivity contribution in [3.8, 4) is 0 Å². The Balaban J connectivity index is 2.90. The SMILES string of the molecule is CC(C)N(CCCO)S(=O)(=O)Cc1cccc(CN)c1. The molecule has 1 rings (SSSR count). The molecule has 0 saturated carbocycles. The molecule has 6 heteroatoms. The van der Waals surface area contributed by atoms with E-state index in [0.717, 1.165) is 11.1 Å². The maximum Gasteiger partial charge on any atom is 0.218 e. The van der Waals surface area contributed by atoms with Crippen LogP contribution in [0.25, 0.3) is 0 Å². The number of sulfonamides is 1. The zero-order valence-electron chi connectivity index (χ0n) is 12.1. The van der Waals surface area contributed by atoms with Crippen LogP contribution in [0, 0.1) is 0 Å². The monoisotopic (exact) mass is 300 g/mol. The topological polar surface area (TPSA) is 83.6 Å². The Labute approximate surface area is 121 Å². The van der Waals surface area contributed by atoms with E-state index in [1.165, 1.54) is 4.31 Å². The minimum atomic E-state index is -3.39. The Morgan fingerprint density at radius 3 is 2.50 bits per heavy atom. The van der Waals surface area contributed by atoms with Crippen molar-refractivity contribution < 1.29 is 13.5 Å². The van der Waals surface area contributed by atoms with E-state index in [0.29, 0.717) is 19.5 Å². The molecule has 0 heterocycles. The van der Waals surface area contributed by atoms with Gasteiger partial charge in [0.1, 0.15) is 0 Å². The number of hydrogen-bond acceptors (Lipinski definition) is 4. The van der Waals surface area contributed by atoms with Crippen LogP contribution in [0.2, 0.25) is 0 Å². The molecule has 0 aliphatic heterocycles. The van der Waals surface area contributed by atoms with E-state index in [9.17, 15) is 8.42 Å². The van der Waals surface area contributed by atoms with Crippen LogP contribution in [0.5, 0.6) is 0 Å². The lowest BCUT2D eigenvalue weighted by molar-refractivity contribution is 0.258. The normalized spacial score (nSPS) is 12.3. The minimum Gasteiger partial charge on any atom is -0.396 e. The van der Waals surface area contributed by atoms with E-state index < -0.39 is 10.0 Å². The maximum absolute atomic E-state index is 12.5. The van der Waals surface area contributed by atoms with Crippen LogP contribution in [-0.2, 0) is 22.3 Å². The molecular weight excluding hydrogens is 276 g/mol. The van der Waals surface area contributed by atoms with Gasteiger partial charge in [-0.2, -0.15) is 4.31 Å². The molecule has 0 saturated heterocycles. The van der Waals surface area contributed by atoms with E-state index in [4.69, 9.17) is 10.8 Å². The summed E-state index contributed by atoms with van der Waals surface area (Å²) in [5.74, 6) is -0.0373. The van der Waals surface area contributed by atoms with Gasteiger partial charge in [-0.25, -0.2) is 8.42 Å². The van der Waals surface area contributed by atoms with Crippen molar-refractivity contribution in [3.05, 3.63) is 35.4 Å². The Hall–Kier alpha value is -0.950. The van der Waals surface area contributed by atoms with Crippen molar-refractivity contribution in [2.75, 3.05) is 13.2 Å². The van der Waals surface area contributed by atoms with Gasteiger partial charge in [0.2, 0.25) is 10.0 Å². The quantitative estimate of drug-likeness (QED) is 0.752. The van der Waals surface area contributed by atoms with Gasteiger partial charge in [-0.15, -0.1) is 0 Å². The number of nitrogens with zero attached hydrogens (tertiary/aromatic N) is 1. The van der Waals surface area contributed by atoms with Gasteiger partial charge in [-0.3, -0.25) is 0 Å². The highest BCUT2D eigenvalue weighted by Crippen LogP contribution is 2.15. The van der Waals surface area contributed by atoms with E-state index in [-0.39, 0.29) is 18.4 Å². The number of benzene rings is 1. The van der Waals surface area contributed by atoms with Crippen molar-refractivity contribution >= 4 is 10.0 Å².